The maximum atomic E-state index is 10.7. The van der Waals surface area contributed by atoms with Crippen LogP contribution in [0.4, 0.5) is 0 Å². The van der Waals surface area contributed by atoms with Crippen LogP contribution in [0.1, 0.15) is 13.3 Å². The molecule has 2 atom stereocenters. The van der Waals surface area contributed by atoms with Crippen molar-refractivity contribution < 1.29 is 4.79 Å². The third-order valence-corrected chi connectivity index (χ3v) is 1.71. The maximum Gasteiger partial charge on any atom is 0.148 e. The molecule has 52 valence electrons. The van der Waals surface area contributed by atoms with Gasteiger partial charge in [-0.2, -0.15) is 0 Å². The fourth-order valence-electron chi connectivity index (χ4n) is 1.17. The van der Waals surface area contributed by atoms with Crippen LogP contribution < -0.4 is 11.1 Å². The van der Waals surface area contributed by atoms with Crippen molar-refractivity contribution in [3.63, 3.8) is 0 Å². The average Bonchev–Trinajstić information content (AvgIpc) is 2.13. The minimum atomic E-state index is -0.0787. The number of carbonyl (C=O) groups excluding carboxylic acids is 1. The van der Waals surface area contributed by atoms with Crippen LogP contribution in [0, 0.1) is 0 Å². The molecule has 3 nitrogen and oxygen atoms in total. The predicted molar refractivity (Wildman–Crippen MR) is 35.1 cm³/mol. The van der Waals surface area contributed by atoms with Crippen LogP contribution in [-0.4, -0.2) is 24.4 Å². The highest BCUT2D eigenvalue weighted by atomic mass is 16.1. The summed E-state index contributed by atoms with van der Waals surface area (Å²) in [5.74, 6) is 0.153. The van der Waals surface area contributed by atoms with E-state index in [2.05, 4.69) is 5.32 Å². The molecule has 0 bridgehead atoms. The highest BCUT2D eigenvalue weighted by Gasteiger charge is 2.26. The Hall–Kier alpha value is -0.410. The first kappa shape index (κ1) is 6.71. The number of nitrogens with two attached hydrogens (primary N) is 1. The number of carbonyl (C=O) groups is 1. The summed E-state index contributed by atoms with van der Waals surface area (Å²) in [5.41, 5.74) is 5.60. The Morgan fingerprint density at radius 2 is 2.44 bits per heavy atom. The van der Waals surface area contributed by atoms with Crippen molar-refractivity contribution in [3.8, 4) is 0 Å². The first-order chi connectivity index (χ1) is 4.22. The second-order valence-corrected chi connectivity index (χ2v) is 2.49. The van der Waals surface area contributed by atoms with Gasteiger partial charge in [-0.25, -0.2) is 0 Å². The molecular formula is C6H12N2O. The molecule has 3 N–H and O–H groups in total. The van der Waals surface area contributed by atoms with E-state index in [1.54, 1.807) is 6.92 Å². The fourth-order valence-corrected chi connectivity index (χ4v) is 1.17. The van der Waals surface area contributed by atoms with Crippen molar-refractivity contribution in [1.29, 1.82) is 0 Å². The van der Waals surface area contributed by atoms with Gasteiger partial charge in [0, 0.05) is 6.04 Å². The molecule has 1 saturated heterocycles. The van der Waals surface area contributed by atoms with Gasteiger partial charge in [0.05, 0.1) is 6.04 Å². The minimum absolute atomic E-state index is 0.0440. The molecule has 9 heavy (non-hydrogen) atoms. The van der Waals surface area contributed by atoms with E-state index in [0.717, 1.165) is 13.0 Å². The summed E-state index contributed by atoms with van der Waals surface area (Å²) in [7, 11) is 0. The molecule has 0 unspecified atom stereocenters. The van der Waals surface area contributed by atoms with E-state index in [1.807, 2.05) is 0 Å². The van der Waals surface area contributed by atoms with Gasteiger partial charge < -0.3 is 11.1 Å². The number of ketones is 1. The van der Waals surface area contributed by atoms with Gasteiger partial charge in [0.25, 0.3) is 0 Å². The Morgan fingerprint density at radius 3 is 2.67 bits per heavy atom. The molecule has 1 rings (SSSR count). The Bertz CT molecular complexity index is 124. The van der Waals surface area contributed by atoms with Crippen LogP contribution in [0.25, 0.3) is 0 Å². The van der Waals surface area contributed by atoms with E-state index in [9.17, 15) is 4.79 Å². The Labute approximate surface area is 54.6 Å². The van der Waals surface area contributed by atoms with E-state index in [-0.39, 0.29) is 17.9 Å². The van der Waals surface area contributed by atoms with Crippen molar-refractivity contribution in [2.45, 2.75) is 25.4 Å². The van der Waals surface area contributed by atoms with Crippen LogP contribution in [0.15, 0.2) is 0 Å². The lowest BCUT2D eigenvalue weighted by Gasteiger charge is -2.09. The minimum Gasteiger partial charge on any atom is -0.326 e. The molecule has 0 aromatic carbocycles. The van der Waals surface area contributed by atoms with Crippen LogP contribution in [0.3, 0.4) is 0 Å². The number of rotatable bonds is 1. The van der Waals surface area contributed by atoms with Gasteiger partial charge in [-0.05, 0) is 19.9 Å². The summed E-state index contributed by atoms with van der Waals surface area (Å²) in [5, 5.41) is 3.03. The second kappa shape index (κ2) is 2.45. The molecular weight excluding hydrogens is 116 g/mol. The lowest BCUT2D eigenvalue weighted by Crippen LogP contribution is -2.41. The van der Waals surface area contributed by atoms with E-state index in [0.29, 0.717) is 0 Å². The number of hydrogen-bond donors (Lipinski definition) is 2. The molecule has 1 aliphatic heterocycles. The molecule has 0 amide bonds. The molecule has 0 saturated carbocycles. The lowest BCUT2D eigenvalue weighted by molar-refractivity contribution is -0.118. The van der Waals surface area contributed by atoms with E-state index >= 15 is 0 Å². The van der Waals surface area contributed by atoms with Crippen LogP contribution in [0.2, 0.25) is 0 Å². The van der Waals surface area contributed by atoms with Crippen molar-refractivity contribution in [2.75, 3.05) is 6.54 Å². The van der Waals surface area contributed by atoms with E-state index in [4.69, 9.17) is 5.73 Å². The molecule has 0 aliphatic carbocycles. The maximum absolute atomic E-state index is 10.7. The van der Waals surface area contributed by atoms with Crippen molar-refractivity contribution >= 4 is 5.78 Å². The summed E-state index contributed by atoms with van der Waals surface area (Å²) < 4.78 is 0. The predicted octanol–water partition coefficient (Wildman–Crippen LogP) is -0.735. The molecule has 0 spiro atoms. The first-order valence-electron chi connectivity index (χ1n) is 3.21. The van der Waals surface area contributed by atoms with Gasteiger partial charge in [-0.1, -0.05) is 0 Å². The van der Waals surface area contributed by atoms with Crippen molar-refractivity contribution in [3.05, 3.63) is 0 Å². The highest BCUT2D eigenvalue weighted by molar-refractivity contribution is 5.82. The zero-order chi connectivity index (χ0) is 6.85. The third-order valence-electron chi connectivity index (χ3n) is 1.71. The number of hydrogen-bond acceptors (Lipinski definition) is 3. The molecule has 1 fully saturated rings. The smallest absolute Gasteiger partial charge is 0.148 e. The summed E-state index contributed by atoms with van der Waals surface area (Å²) in [6, 6.07) is -0.0347. The number of nitrogens with one attached hydrogen (secondary N) is 1. The van der Waals surface area contributed by atoms with Crippen molar-refractivity contribution in [2.24, 2.45) is 5.73 Å². The topological polar surface area (TPSA) is 55.1 Å². The molecule has 0 radical (unpaired) electrons. The van der Waals surface area contributed by atoms with Gasteiger partial charge in [0.15, 0.2) is 0 Å². The monoisotopic (exact) mass is 128 g/mol. The van der Waals surface area contributed by atoms with Crippen LogP contribution in [0.5, 0.6) is 0 Å². The van der Waals surface area contributed by atoms with Gasteiger partial charge in [-0.3, -0.25) is 4.79 Å². The average molecular weight is 128 g/mol. The van der Waals surface area contributed by atoms with Gasteiger partial charge >= 0.3 is 0 Å². The van der Waals surface area contributed by atoms with Crippen LogP contribution >= 0.6 is 0 Å². The second-order valence-electron chi connectivity index (χ2n) is 2.49. The summed E-state index contributed by atoms with van der Waals surface area (Å²) in [6.45, 7) is 2.45. The standard InChI is InChI=1S/C6H12N2O/c1-4(9)6-5(7)2-3-8-6/h5-6,8H,2-3,7H2,1H3/t5-,6+/m0/s1. The Kier molecular flexibility index (Phi) is 1.83. The third kappa shape index (κ3) is 1.28. The largest absolute Gasteiger partial charge is 0.326 e. The molecule has 1 heterocycles. The Balaban J connectivity index is 2.49. The normalized spacial score (nSPS) is 34.9. The quantitative estimate of drug-likeness (QED) is 0.489. The summed E-state index contributed by atoms with van der Waals surface area (Å²) in [6.07, 6.45) is 0.921. The lowest BCUT2D eigenvalue weighted by atomic mass is 10.1. The summed E-state index contributed by atoms with van der Waals surface area (Å²) >= 11 is 0. The zero-order valence-electron chi connectivity index (χ0n) is 5.55. The van der Waals surface area contributed by atoms with E-state index < -0.39 is 0 Å². The Morgan fingerprint density at radius 1 is 1.78 bits per heavy atom. The van der Waals surface area contributed by atoms with Crippen LogP contribution in [-0.2, 0) is 4.79 Å². The van der Waals surface area contributed by atoms with E-state index in [1.165, 1.54) is 0 Å². The van der Waals surface area contributed by atoms with Gasteiger partial charge in [0.2, 0.25) is 0 Å². The molecule has 1 aliphatic rings. The fraction of sp³-hybridized carbons (Fsp3) is 0.833. The summed E-state index contributed by atoms with van der Waals surface area (Å²) in [4.78, 5) is 10.7. The van der Waals surface area contributed by atoms with Gasteiger partial charge in [-0.15, -0.1) is 0 Å². The van der Waals surface area contributed by atoms with Crippen molar-refractivity contribution in [1.82, 2.24) is 5.32 Å². The SMILES string of the molecule is CC(=O)[C@H]1NCC[C@@H]1N. The number of Topliss-reactive ketones (excluding diaryl/α,β-unsaturated/α-hetero) is 1. The zero-order valence-corrected chi connectivity index (χ0v) is 5.55. The first-order valence-corrected chi connectivity index (χ1v) is 3.21. The molecule has 0 aromatic heterocycles. The highest BCUT2D eigenvalue weighted by Crippen LogP contribution is 2.03. The van der Waals surface area contributed by atoms with Gasteiger partial charge in [0.1, 0.15) is 5.78 Å². The molecule has 3 heteroatoms. The molecule has 0 aromatic rings.